The Morgan fingerprint density at radius 2 is 1.70 bits per heavy atom. The average molecular weight is 606 g/mol. The van der Waals surface area contributed by atoms with E-state index in [1.165, 1.54) is 0 Å². The van der Waals surface area contributed by atoms with Crippen LogP contribution in [-0.2, 0) is 26.8 Å². The van der Waals surface area contributed by atoms with E-state index in [2.05, 4.69) is 16.7 Å². The summed E-state index contributed by atoms with van der Waals surface area (Å²) in [6, 6.07) is 15.9. The van der Waals surface area contributed by atoms with Crippen LogP contribution < -0.4 is 39.0 Å². The molecule has 0 unspecified atom stereocenters. The van der Waals surface area contributed by atoms with E-state index in [0.717, 1.165) is 40.2 Å². The van der Waals surface area contributed by atoms with Crippen LogP contribution in [0.5, 0.6) is 0 Å². The monoisotopic (exact) mass is 605 g/mol. The molecule has 0 fully saturated rings. The van der Waals surface area contributed by atoms with Gasteiger partial charge >= 0.3 is 29.6 Å². The summed E-state index contributed by atoms with van der Waals surface area (Å²) in [6.07, 6.45) is 2.50. The Labute approximate surface area is 249 Å². The van der Waals surface area contributed by atoms with Gasteiger partial charge < -0.3 is 9.45 Å². The number of hydrogen-bond donors (Lipinski definition) is 1. The number of nitrogens with zero attached hydrogens (tertiary/aromatic N) is 2. The summed E-state index contributed by atoms with van der Waals surface area (Å²) in [6.45, 7) is 0.792. The van der Waals surface area contributed by atoms with E-state index in [4.69, 9.17) is 0 Å². The average Bonchev–Trinajstić information content (AvgIpc) is 3.43. The second-order valence-corrected chi connectivity index (χ2v) is 14.5. The number of thiazole rings is 1. The van der Waals surface area contributed by atoms with Gasteiger partial charge in [0.1, 0.15) is 4.70 Å². The van der Waals surface area contributed by atoms with Crippen molar-refractivity contribution in [2.24, 2.45) is 0 Å². The molecule has 14 heteroatoms. The summed E-state index contributed by atoms with van der Waals surface area (Å²) in [5, 5.41) is 2.96. The molecule has 1 aliphatic rings. The third-order valence-corrected chi connectivity index (χ3v) is 10.9. The molecule has 0 radical (unpaired) electrons. The Morgan fingerprint density at radius 1 is 0.973 bits per heavy atom. The molecular weight excluding hydrogens is 584 g/mol. The molecule has 1 aliphatic heterocycles. The number of hydrogen-bond acceptors (Lipinski definition) is 9. The standard InChI is InChI=1S/C23H22N2O6S5.Na/c26-35(27,28)13-5-11-24-17-8-2-4-10-19(17)32-20(24)15-21-25(12-6-14-36(29,30)31)23-22(34-21)16-7-1-3-9-18(16)33-23;/h1-4,7-10,15H,5-6,11-14H2,(H-,26,27,28,29,30,31);/q;+1. The van der Waals surface area contributed by atoms with E-state index >= 15 is 0 Å². The van der Waals surface area contributed by atoms with Crippen LogP contribution in [0.4, 0.5) is 5.69 Å². The first-order valence-corrected chi connectivity index (χ1v) is 16.7. The molecular formula is C23H22N2NaO6S5+. The molecule has 190 valence electrons. The van der Waals surface area contributed by atoms with Gasteiger partial charge in [-0.1, -0.05) is 64.8 Å². The Bertz CT molecular complexity index is 1700. The van der Waals surface area contributed by atoms with Crippen molar-refractivity contribution in [3.8, 4) is 0 Å². The van der Waals surface area contributed by atoms with Crippen LogP contribution in [0.25, 0.3) is 25.7 Å². The first-order chi connectivity index (χ1) is 17.1. The van der Waals surface area contributed by atoms with Crippen molar-refractivity contribution in [1.29, 1.82) is 0 Å². The van der Waals surface area contributed by atoms with Crippen molar-refractivity contribution in [1.82, 2.24) is 0 Å². The van der Waals surface area contributed by atoms with E-state index in [-0.39, 0.29) is 48.2 Å². The normalized spacial score (nSPS) is 15.0. The van der Waals surface area contributed by atoms with E-state index in [0.29, 0.717) is 13.1 Å². The molecule has 4 aromatic rings. The Hall–Kier alpha value is -1.000. The maximum Gasteiger partial charge on any atom is 1.00 e. The van der Waals surface area contributed by atoms with Gasteiger partial charge in [-0.2, -0.15) is 13.0 Å². The topological polar surface area (TPSA) is 119 Å². The second kappa shape index (κ2) is 11.6. The van der Waals surface area contributed by atoms with Crippen molar-refractivity contribution in [3.05, 3.63) is 58.6 Å². The van der Waals surface area contributed by atoms with E-state index in [1.807, 2.05) is 47.4 Å². The quantitative estimate of drug-likeness (QED) is 0.173. The van der Waals surface area contributed by atoms with Crippen molar-refractivity contribution >= 4 is 86.1 Å². The number of anilines is 1. The second-order valence-electron chi connectivity index (χ2n) is 8.28. The predicted octanol–water partition coefficient (Wildman–Crippen LogP) is 1.53. The molecule has 3 heterocycles. The first kappa shape index (κ1) is 29.0. The van der Waals surface area contributed by atoms with Gasteiger partial charge in [0.05, 0.1) is 32.7 Å². The minimum Gasteiger partial charge on any atom is -0.748 e. The molecule has 0 atom stereocenters. The van der Waals surface area contributed by atoms with Gasteiger partial charge in [-0.05, 0) is 24.6 Å². The van der Waals surface area contributed by atoms with Gasteiger partial charge in [0.2, 0.25) is 0 Å². The summed E-state index contributed by atoms with van der Waals surface area (Å²) in [7, 11) is -8.37. The van der Waals surface area contributed by atoms with Crippen LogP contribution in [0.2, 0.25) is 0 Å². The number of thioether (sulfide) groups is 1. The zero-order valence-corrected chi connectivity index (χ0v) is 25.9. The molecule has 2 aromatic heterocycles. The van der Waals surface area contributed by atoms with Crippen LogP contribution >= 0.6 is 34.4 Å². The van der Waals surface area contributed by atoms with Crippen molar-refractivity contribution in [2.45, 2.75) is 24.3 Å². The van der Waals surface area contributed by atoms with Crippen molar-refractivity contribution in [2.75, 3.05) is 23.0 Å². The molecule has 0 aliphatic carbocycles. The number of benzene rings is 2. The van der Waals surface area contributed by atoms with Gasteiger partial charge in [0, 0.05) is 33.7 Å². The van der Waals surface area contributed by atoms with Crippen LogP contribution in [0.3, 0.4) is 0 Å². The fourth-order valence-electron chi connectivity index (χ4n) is 4.17. The zero-order chi connectivity index (χ0) is 25.5. The van der Waals surface area contributed by atoms with E-state index in [1.54, 1.807) is 34.4 Å². The van der Waals surface area contributed by atoms with Gasteiger partial charge in [-0.3, -0.25) is 4.55 Å². The molecule has 8 nitrogen and oxygen atoms in total. The minimum atomic E-state index is -4.31. The first-order valence-electron chi connectivity index (χ1n) is 11.1. The molecule has 1 N–H and O–H groups in total. The molecule has 0 saturated carbocycles. The van der Waals surface area contributed by atoms with Gasteiger partial charge in [0.25, 0.3) is 20.0 Å². The SMILES string of the molecule is O=S(=O)([O-])CCC[n+]1c(C=C2Sc3ccccc3N2CCCS(=O)(=O)O)sc2c3ccccc3sc21.[Na+]. The van der Waals surface area contributed by atoms with Crippen LogP contribution in [0.15, 0.2) is 58.5 Å². The summed E-state index contributed by atoms with van der Waals surface area (Å²) in [4.78, 5) is 4.11. The Kier molecular flexibility index (Phi) is 9.11. The Morgan fingerprint density at radius 3 is 2.46 bits per heavy atom. The number of para-hydroxylation sites is 1. The van der Waals surface area contributed by atoms with Crippen molar-refractivity contribution in [3.63, 3.8) is 0 Å². The van der Waals surface area contributed by atoms with Gasteiger partial charge in [0.15, 0.2) is 6.54 Å². The third kappa shape index (κ3) is 6.78. The number of fused-ring (bicyclic) bond motifs is 4. The summed E-state index contributed by atoms with van der Waals surface area (Å²) < 4.78 is 69.7. The maximum absolute atomic E-state index is 11.3. The molecule has 0 amide bonds. The number of aryl methyl sites for hydroxylation is 1. The smallest absolute Gasteiger partial charge is 0.748 e. The largest absolute Gasteiger partial charge is 1.00 e. The maximum atomic E-state index is 11.3. The predicted molar refractivity (Wildman–Crippen MR) is 145 cm³/mol. The fraction of sp³-hybridized carbons (Fsp3) is 0.261. The van der Waals surface area contributed by atoms with Gasteiger partial charge in [-0.25, -0.2) is 8.42 Å². The van der Waals surface area contributed by atoms with Gasteiger partial charge in [-0.15, -0.1) is 0 Å². The van der Waals surface area contributed by atoms with E-state index in [9.17, 15) is 25.9 Å². The third-order valence-electron chi connectivity index (χ3n) is 5.69. The number of thiophene rings is 1. The molecule has 2 aromatic carbocycles. The Balaban J connectivity index is 0.00000320. The summed E-state index contributed by atoms with van der Waals surface area (Å²) in [5.41, 5.74) is 0.969. The van der Waals surface area contributed by atoms with Crippen molar-refractivity contribution < 1.29 is 60.1 Å². The van der Waals surface area contributed by atoms with Crippen LogP contribution in [0.1, 0.15) is 17.8 Å². The zero-order valence-electron chi connectivity index (χ0n) is 19.9. The van der Waals surface area contributed by atoms with Crippen LogP contribution in [-0.4, -0.2) is 44.0 Å². The molecule has 0 saturated heterocycles. The number of rotatable bonds is 9. The fourth-order valence-corrected chi connectivity index (χ4v) is 9.01. The summed E-state index contributed by atoms with van der Waals surface area (Å²) in [5.74, 6) is -0.756. The van der Waals surface area contributed by atoms with E-state index < -0.39 is 26.0 Å². The van der Waals surface area contributed by atoms with Crippen LogP contribution in [0, 0.1) is 0 Å². The molecule has 0 spiro atoms. The minimum absolute atomic E-state index is 0. The summed E-state index contributed by atoms with van der Waals surface area (Å²) >= 11 is 4.81. The number of aromatic nitrogens is 1. The molecule has 0 bridgehead atoms. The molecule has 5 rings (SSSR count). The molecule has 37 heavy (non-hydrogen) atoms.